The van der Waals surface area contributed by atoms with Crippen LogP contribution in [-0.4, -0.2) is 216 Å². The van der Waals surface area contributed by atoms with Gasteiger partial charge in [0.1, 0.15) is 34.3 Å². The van der Waals surface area contributed by atoms with E-state index >= 15 is 0 Å². The second-order valence-electron chi connectivity index (χ2n) is 33.5. The first-order valence-electron chi connectivity index (χ1n) is 39.5. The summed E-state index contributed by atoms with van der Waals surface area (Å²) in [6.45, 7) is 15.6. The van der Waals surface area contributed by atoms with Crippen molar-refractivity contribution in [2.24, 2.45) is 0 Å². The van der Waals surface area contributed by atoms with E-state index in [-0.39, 0.29) is 21.1 Å². The molecule has 41 heteroatoms. The summed E-state index contributed by atoms with van der Waals surface area (Å²) in [5.74, 6) is -8.99. The molecule has 126 heavy (non-hydrogen) atoms. The number of alkyl halides is 13. The number of aromatic amines is 2. The van der Waals surface area contributed by atoms with Gasteiger partial charge in [-0.3, -0.25) is 19.5 Å². The Morgan fingerprint density at radius 2 is 0.960 bits per heavy atom. The van der Waals surface area contributed by atoms with Gasteiger partial charge in [0.15, 0.2) is 5.82 Å². The first-order valence-corrected chi connectivity index (χ1v) is 41.4. The van der Waals surface area contributed by atoms with Crippen molar-refractivity contribution in [3.8, 4) is 33.6 Å². The van der Waals surface area contributed by atoms with Gasteiger partial charge in [-0.2, -0.15) is 14.9 Å². The van der Waals surface area contributed by atoms with E-state index in [1.54, 1.807) is 114 Å². The molecule has 664 valence electrons. The summed E-state index contributed by atoms with van der Waals surface area (Å²) >= 11 is 7.40. The zero-order valence-electron chi connectivity index (χ0n) is 69.7. The average molecular weight is 1890 g/mol. The van der Waals surface area contributed by atoms with Crippen molar-refractivity contribution in [2.75, 3.05) is 54.3 Å². The SMILES string of the molecule is CC(C)(C)OC(=O)n1cc(-c2ccc(Nc3ccnc(Cl)n3)cc2)cn1.CC1(C)OB(c2ccc3cc(C(=O)N4CC(F)(F)C4)[nH]c3c2)OC1(C)C.CC1(C)OB(c2ccc3cc(C(=O)N4CC(F)(F)C4)n(CC(F)F)c3c2)OC1(C)C.FC(F)CI.O=C(c1cc2ccc(-c3nccc(Nc4ccc(-c5cn[nH]c5)cc4)n3)cc2n1CC(F)F)N1CC(F)(F)C1. The minimum atomic E-state index is -2.96. The molecule has 0 aliphatic carbocycles. The summed E-state index contributed by atoms with van der Waals surface area (Å²) in [5, 5.41) is 19.3. The smallest absolute Gasteiger partial charge is 0.442 e. The van der Waals surface area contributed by atoms with E-state index in [0.717, 1.165) is 64.7 Å². The monoisotopic (exact) mass is 1890 g/mol. The van der Waals surface area contributed by atoms with E-state index < -0.39 is 155 Å². The Bertz CT molecular complexity index is 5900. The van der Waals surface area contributed by atoms with Crippen molar-refractivity contribution < 1.29 is 95.2 Å². The molecule has 0 spiro atoms. The van der Waals surface area contributed by atoms with Crippen molar-refractivity contribution in [2.45, 2.75) is 154 Å². The lowest BCUT2D eigenvalue weighted by atomic mass is 9.79. The molecular weight excluding hydrogens is 1800 g/mol. The van der Waals surface area contributed by atoms with E-state index in [0.29, 0.717) is 56.0 Å². The van der Waals surface area contributed by atoms with Crippen molar-refractivity contribution in [1.29, 1.82) is 0 Å². The number of ether oxygens (including phenoxy) is 1. The predicted octanol–water partition coefficient (Wildman–Crippen LogP) is 17.6. The number of benzene rings is 5. The number of aromatic nitrogens is 11. The fourth-order valence-electron chi connectivity index (χ4n) is 13.7. The van der Waals surface area contributed by atoms with E-state index in [9.17, 15) is 71.9 Å². The molecule has 5 aliphatic heterocycles. The third-order valence-corrected chi connectivity index (χ3v) is 22.4. The van der Waals surface area contributed by atoms with Crippen LogP contribution in [0.4, 0.5) is 80.5 Å². The summed E-state index contributed by atoms with van der Waals surface area (Å²) in [7, 11) is -1.19. The molecule has 0 saturated carbocycles. The van der Waals surface area contributed by atoms with Crippen LogP contribution in [0.5, 0.6) is 0 Å². The minimum Gasteiger partial charge on any atom is -0.442 e. The molecule has 4 N–H and O–H groups in total. The first-order chi connectivity index (χ1) is 59.1. The van der Waals surface area contributed by atoms with E-state index in [2.05, 4.69) is 50.8 Å². The molecule has 25 nitrogen and oxygen atoms in total. The molecular formula is C85H86B2ClF12IN16O9. The molecule has 7 aromatic heterocycles. The Hall–Kier alpha value is -11.1. The number of amides is 3. The number of hydrogen-bond acceptors (Lipinski definition) is 17. The van der Waals surface area contributed by atoms with Gasteiger partial charge in [-0.15, -0.1) is 0 Å². The molecule has 0 atom stereocenters. The van der Waals surface area contributed by atoms with Gasteiger partial charge in [0.2, 0.25) is 11.7 Å². The molecule has 5 aliphatic rings. The number of fused-ring (bicyclic) bond motifs is 3. The van der Waals surface area contributed by atoms with Crippen LogP contribution >= 0.6 is 34.2 Å². The fraction of sp³-hybridized carbons (Fsp3) is 0.365. The van der Waals surface area contributed by atoms with Crippen LogP contribution in [0.3, 0.4) is 0 Å². The molecule has 0 bridgehead atoms. The van der Waals surface area contributed by atoms with Crippen LogP contribution in [-0.2, 0) is 36.4 Å². The highest BCUT2D eigenvalue weighted by Crippen LogP contribution is 2.41. The van der Waals surface area contributed by atoms with Crippen LogP contribution < -0.4 is 21.6 Å². The summed E-state index contributed by atoms with van der Waals surface area (Å²) in [6, 6.07) is 39.1. The highest BCUT2D eigenvalue weighted by molar-refractivity contribution is 14.1. The summed E-state index contributed by atoms with van der Waals surface area (Å²) in [4.78, 5) is 72.8. The number of carbonyl (C=O) groups excluding carboxylic acids is 4. The third-order valence-electron chi connectivity index (χ3n) is 21.5. The quantitative estimate of drug-likeness (QED) is 0.0217. The Morgan fingerprint density at radius 3 is 1.41 bits per heavy atom. The molecule has 12 aromatic rings. The maximum absolute atomic E-state index is 13.5. The van der Waals surface area contributed by atoms with Crippen LogP contribution in [0.25, 0.3) is 66.4 Å². The number of carbonyl (C=O) groups is 4. The van der Waals surface area contributed by atoms with Crippen molar-refractivity contribution >= 4 is 139 Å². The zero-order chi connectivity index (χ0) is 91.1. The maximum Gasteiger partial charge on any atom is 0.494 e. The fourth-order valence-corrected chi connectivity index (χ4v) is 13.9. The molecule has 5 saturated heterocycles. The van der Waals surface area contributed by atoms with Gasteiger partial charge < -0.3 is 62.8 Å². The van der Waals surface area contributed by atoms with Gasteiger partial charge in [0.05, 0.1) is 91.6 Å². The first kappa shape index (κ1) is 92.6. The van der Waals surface area contributed by atoms with Gasteiger partial charge in [0.25, 0.3) is 48.3 Å². The highest BCUT2D eigenvalue weighted by Gasteiger charge is 2.54. The number of nitrogens with one attached hydrogen (secondary N) is 4. The lowest BCUT2D eigenvalue weighted by Gasteiger charge is -2.38. The molecule has 5 aromatic carbocycles. The standard InChI is InChI=1S/C27H21F4N7O.C20H23BF4N2O3.C18H21BF2N2O3.C18H18ClN5O2.C2H3F2I/c28-23(29)13-38-21-10-18(2-1-17(21)9-22(38)26(39)37-14-27(30,31)15-37)25-32-8-7-24(36-25)35-20-5-3-16(4-6-20)19-11-33-34-12-19;1-18(2)19(3,4)30-21(29-18)13-6-5-12-7-15(17(28)26-10-20(24,25)11-26)27(9-16(22)23)14(12)8-13;1-16(2)17(3,4)26-19(25-16)12-6-5-11-7-14(22-13(11)8-12)15(24)23-9-18(20,21)10-23;1-18(2,3)26-17(25)24-11-13(10-21-24)12-4-6-14(7-5-12)22-15-8-9-20-16(19)23-15;3-2(4)1-5/h1-12,23H,13-15H2,(H,33,34)(H,32,35,36);5-8,16H,9-11H2,1-4H3;5-8,22H,9-10H2,1-4H3;4-11H,1-3H3,(H,20,22,23);2H,1H2. The van der Waals surface area contributed by atoms with Gasteiger partial charge in [0, 0.05) is 85.6 Å². The Balaban J connectivity index is 0.000000143. The average Bonchev–Trinajstić information content (AvgIpc) is 1.60. The van der Waals surface area contributed by atoms with Gasteiger partial charge >= 0.3 is 20.3 Å². The van der Waals surface area contributed by atoms with Crippen molar-refractivity contribution in [3.63, 3.8) is 0 Å². The number of H-pyrrole nitrogens is 2. The highest BCUT2D eigenvalue weighted by atomic mass is 127. The molecule has 17 rings (SSSR count). The Labute approximate surface area is 734 Å². The maximum atomic E-state index is 13.5. The molecule has 0 radical (unpaired) electrons. The van der Waals surface area contributed by atoms with E-state index in [1.807, 2.05) is 143 Å². The summed E-state index contributed by atoms with van der Waals surface area (Å²) in [6.07, 6.45) is 1.84. The van der Waals surface area contributed by atoms with Crippen LogP contribution in [0, 0.1) is 0 Å². The van der Waals surface area contributed by atoms with Crippen molar-refractivity contribution in [3.05, 3.63) is 193 Å². The van der Waals surface area contributed by atoms with Gasteiger partial charge in [-0.1, -0.05) is 83.3 Å². The lowest BCUT2D eigenvalue weighted by Crippen LogP contribution is -2.58. The second kappa shape index (κ2) is 36.3. The number of hydrogen-bond donors (Lipinski definition) is 4. The summed E-state index contributed by atoms with van der Waals surface area (Å²) in [5.41, 5.74) is 6.49. The van der Waals surface area contributed by atoms with Crippen LogP contribution in [0.15, 0.2) is 171 Å². The minimum absolute atomic E-state index is 0.0353. The molecule has 5 fully saturated rings. The molecule has 3 amide bonds. The van der Waals surface area contributed by atoms with E-state index in [4.69, 9.17) is 35.0 Å². The van der Waals surface area contributed by atoms with Gasteiger partial charge in [-0.05, 0) is 183 Å². The van der Waals surface area contributed by atoms with Crippen molar-refractivity contribution in [1.82, 2.24) is 68.7 Å². The number of anilines is 4. The number of nitrogens with zero attached hydrogens (tertiary/aromatic N) is 12. The van der Waals surface area contributed by atoms with Crippen LogP contribution in [0.1, 0.15) is 108 Å². The molecule has 0 unspecified atom stereocenters. The summed E-state index contributed by atoms with van der Waals surface area (Å²) < 4.78 is 187. The molecule has 12 heterocycles. The lowest BCUT2D eigenvalue weighted by molar-refractivity contribution is -0.113. The number of rotatable bonds is 17. The second-order valence-corrected chi connectivity index (χ2v) is 34.7. The number of halogens is 14. The Morgan fingerprint density at radius 1 is 0.524 bits per heavy atom. The zero-order valence-corrected chi connectivity index (χ0v) is 72.7. The largest absolute Gasteiger partial charge is 0.494 e. The predicted molar refractivity (Wildman–Crippen MR) is 461 cm³/mol. The topological polar surface area (TPSA) is 272 Å². The van der Waals surface area contributed by atoms with Gasteiger partial charge in [-0.25, -0.2) is 77.4 Å². The number of likely N-dealkylation sites (tertiary alicyclic amines) is 3. The normalized spacial score (nSPS) is 17.3. The van der Waals surface area contributed by atoms with E-state index in [1.165, 1.54) is 25.9 Å². The third kappa shape index (κ3) is 21.8. The Kier molecular flexibility index (Phi) is 26.7. The van der Waals surface area contributed by atoms with Crippen LogP contribution in [0.2, 0.25) is 5.28 Å².